The SMILES string of the molecule is COc1cc(OC)cc(N(C(=O)c2ccco2)C(C(=O)NC2CCCCC2)c2ccco2)c1. The van der Waals surface area contributed by atoms with Gasteiger partial charge in [0.25, 0.3) is 11.8 Å². The van der Waals surface area contributed by atoms with E-state index in [9.17, 15) is 9.59 Å². The predicted molar refractivity (Wildman–Crippen MR) is 122 cm³/mol. The monoisotopic (exact) mass is 452 g/mol. The van der Waals surface area contributed by atoms with E-state index in [4.69, 9.17) is 18.3 Å². The third kappa shape index (κ3) is 5.05. The lowest BCUT2D eigenvalue weighted by atomic mass is 9.95. The molecule has 3 aromatic rings. The Bertz CT molecular complexity index is 1030. The summed E-state index contributed by atoms with van der Waals surface area (Å²) in [5.41, 5.74) is 0.410. The van der Waals surface area contributed by atoms with Gasteiger partial charge in [0.05, 0.1) is 32.4 Å². The molecular weight excluding hydrogens is 424 g/mol. The van der Waals surface area contributed by atoms with Crippen molar-refractivity contribution in [2.45, 2.75) is 44.2 Å². The molecule has 0 bridgehead atoms. The Morgan fingerprint density at radius 3 is 2.21 bits per heavy atom. The third-order valence-corrected chi connectivity index (χ3v) is 5.84. The summed E-state index contributed by atoms with van der Waals surface area (Å²) in [6.45, 7) is 0. The van der Waals surface area contributed by atoms with Gasteiger partial charge < -0.3 is 23.6 Å². The predicted octanol–water partition coefficient (Wildman–Crippen LogP) is 4.73. The largest absolute Gasteiger partial charge is 0.497 e. The second kappa shape index (κ2) is 10.3. The van der Waals surface area contributed by atoms with Gasteiger partial charge in [0.1, 0.15) is 17.3 Å². The van der Waals surface area contributed by atoms with E-state index in [0.29, 0.717) is 22.9 Å². The normalized spacial score (nSPS) is 15.0. The summed E-state index contributed by atoms with van der Waals surface area (Å²) < 4.78 is 21.8. The van der Waals surface area contributed by atoms with Crippen LogP contribution in [0.4, 0.5) is 5.69 Å². The Hall–Kier alpha value is -3.68. The molecule has 0 saturated heterocycles. The smallest absolute Gasteiger partial charge is 0.295 e. The van der Waals surface area contributed by atoms with Crippen LogP contribution in [0.5, 0.6) is 11.5 Å². The summed E-state index contributed by atoms with van der Waals surface area (Å²) in [6, 6.07) is 10.6. The molecule has 1 saturated carbocycles. The zero-order valence-corrected chi connectivity index (χ0v) is 18.8. The van der Waals surface area contributed by atoms with Gasteiger partial charge in [0, 0.05) is 24.2 Å². The Labute approximate surface area is 192 Å². The van der Waals surface area contributed by atoms with Crippen LogP contribution in [-0.2, 0) is 4.79 Å². The van der Waals surface area contributed by atoms with E-state index in [1.54, 1.807) is 42.5 Å². The number of hydrogen-bond acceptors (Lipinski definition) is 6. The zero-order valence-electron chi connectivity index (χ0n) is 18.8. The summed E-state index contributed by atoms with van der Waals surface area (Å²) in [5.74, 6) is 0.581. The Balaban J connectivity index is 1.80. The molecule has 1 N–H and O–H groups in total. The van der Waals surface area contributed by atoms with Crippen LogP contribution in [-0.4, -0.2) is 32.1 Å². The van der Waals surface area contributed by atoms with Crippen LogP contribution in [0.3, 0.4) is 0 Å². The van der Waals surface area contributed by atoms with Crippen molar-refractivity contribution in [2.75, 3.05) is 19.1 Å². The van der Waals surface area contributed by atoms with E-state index in [2.05, 4.69) is 5.32 Å². The lowest BCUT2D eigenvalue weighted by Crippen LogP contribution is -2.47. The van der Waals surface area contributed by atoms with Gasteiger partial charge in [-0.05, 0) is 37.1 Å². The van der Waals surface area contributed by atoms with Crippen LogP contribution in [0.1, 0.15) is 54.5 Å². The number of methoxy groups -OCH3 is 2. The highest BCUT2D eigenvalue weighted by Crippen LogP contribution is 2.35. The summed E-state index contributed by atoms with van der Waals surface area (Å²) in [5, 5.41) is 3.13. The van der Waals surface area contributed by atoms with E-state index in [-0.39, 0.29) is 17.7 Å². The number of nitrogens with one attached hydrogen (secondary N) is 1. The molecule has 8 heteroatoms. The molecule has 2 heterocycles. The molecule has 1 aromatic carbocycles. The number of nitrogens with zero attached hydrogens (tertiary/aromatic N) is 1. The highest BCUT2D eigenvalue weighted by Gasteiger charge is 2.37. The summed E-state index contributed by atoms with van der Waals surface area (Å²) in [7, 11) is 3.05. The van der Waals surface area contributed by atoms with Crippen molar-refractivity contribution in [2.24, 2.45) is 0 Å². The molecule has 1 unspecified atom stereocenters. The van der Waals surface area contributed by atoms with Gasteiger partial charge in [0.15, 0.2) is 11.8 Å². The number of benzene rings is 1. The van der Waals surface area contributed by atoms with Gasteiger partial charge in [-0.15, -0.1) is 0 Å². The molecule has 1 aliphatic rings. The maximum Gasteiger partial charge on any atom is 0.295 e. The first-order valence-electron chi connectivity index (χ1n) is 11.0. The van der Waals surface area contributed by atoms with Gasteiger partial charge in [-0.1, -0.05) is 19.3 Å². The number of ether oxygens (including phenoxy) is 2. The van der Waals surface area contributed by atoms with Gasteiger partial charge >= 0.3 is 0 Å². The van der Waals surface area contributed by atoms with E-state index in [1.165, 1.54) is 38.1 Å². The fraction of sp³-hybridized carbons (Fsp3) is 0.360. The number of amides is 2. The minimum atomic E-state index is -1.06. The zero-order chi connectivity index (χ0) is 23.2. The summed E-state index contributed by atoms with van der Waals surface area (Å²) >= 11 is 0. The van der Waals surface area contributed by atoms with Crippen molar-refractivity contribution in [3.63, 3.8) is 0 Å². The minimum Gasteiger partial charge on any atom is -0.497 e. The molecule has 0 spiro atoms. The molecule has 1 fully saturated rings. The van der Waals surface area contributed by atoms with Crippen LogP contribution in [0, 0.1) is 0 Å². The first-order valence-corrected chi connectivity index (χ1v) is 11.0. The van der Waals surface area contributed by atoms with Crippen molar-refractivity contribution >= 4 is 17.5 Å². The Kier molecular flexibility index (Phi) is 7.02. The van der Waals surface area contributed by atoms with Crippen LogP contribution in [0.15, 0.2) is 63.8 Å². The standard InChI is InChI=1S/C25H28N2O6/c1-30-19-14-18(15-20(16-19)31-2)27(25(29)22-11-7-13-33-22)23(21-10-6-12-32-21)24(28)26-17-8-4-3-5-9-17/h6-7,10-17,23H,3-5,8-9H2,1-2H3,(H,26,28). The molecule has 1 aliphatic carbocycles. The number of furan rings is 2. The summed E-state index contributed by atoms with van der Waals surface area (Å²) in [6.07, 6.45) is 8.03. The molecule has 1 atom stereocenters. The second-order valence-electron chi connectivity index (χ2n) is 7.98. The third-order valence-electron chi connectivity index (χ3n) is 5.84. The van der Waals surface area contributed by atoms with Crippen LogP contribution in [0.2, 0.25) is 0 Å². The van der Waals surface area contributed by atoms with E-state index < -0.39 is 11.9 Å². The molecule has 174 valence electrons. The fourth-order valence-electron chi connectivity index (χ4n) is 4.18. The van der Waals surface area contributed by atoms with Crippen molar-refractivity contribution in [3.05, 3.63) is 66.5 Å². The number of anilines is 1. The molecule has 0 aliphatic heterocycles. The fourth-order valence-corrected chi connectivity index (χ4v) is 4.18. The van der Waals surface area contributed by atoms with Gasteiger partial charge in [0.2, 0.25) is 0 Å². The molecule has 2 aromatic heterocycles. The van der Waals surface area contributed by atoms with Crippen molar-refractivity contribution < 1.29 is 27.9 Å². The van der Waals surface area contributed by atoms with Crippen LogP contribution < -0.4 is 19.7 Å². The molecule has 33 heavy (non-hydrogen) atoms. The van der Waals surface area contributed by atoms with Gasteiger partial charge in [-0.2, -0.15) is 0 Å². The maximum absolute atomic E-state index is 13.7. The number of carbonyl (C=O) groups is 2. The van der Waals surface area contributed by atoms with Crippen molar-refractivity contribution in [3.8, 4) is 11.5 Å². The van der Waals surface area contributed by atoms with E-state index in [1.807, 2.05) is 0 Å². The quantitative estimate of drug-likeness (QED) is 0.531. The summed E-state index contributed by atoms with van der Waals surface area (Å²) in [4.78, 5) is 28.7. The van der Waals surface area contributed by atoms with Crippen molar-refractivity contribution in [1.82, 2.24) is 5.32 Å². The average molecular weight is 453 g/mol. The van der Waals surface area contributed by atoms with E-state index in [0.717, 1.165) is 25.7 Å². The molecule has 8 nitrogen and oxygen atoms in total. The minimum absolute atomic E-state index is 0.0594. The van der Waals surface area contributed by atoms with Gasteiger partial charge in [-0.3, -0.25) is 14.5 Å². The number of rotatable bonds is 8. The molecule has 4 rings (SSSR count). The first-order chi connectivity index (χ1) is 16.1. The van der Waals surface area contributed by atoms with Crippen molar-refractivity contribution in [1.29, 1.82) is 0 Å². The maximum atomic E-state index is 13.7. The highest BCUT2D eigenvalue weighted by atomic mass is 16.5. The molecule has 0 radical (unpaired) electrons. The Morgan fingerprint density at radius 2 is 1.64 bits per heavy atom. The first kappa shape index (κ1) is 22.5. The molecule has 2 amide bonds. The average Bonchev–Trinajstić information content (AvgIpc) is 3.57. The van der Waals surface area contributed by atoms with Crippen LogP contribution >= 0.6 is 0 Å². The molecular formula is C25H28N2O6. The Morgan fingerprint density at radius 1 is 0.970 bits per heavy atom. The number of carbonyl (C=O) groups excluding carboxylic acids is 2. The van der Waals surface area contributed by atoms with E-state index >= 15 is 0 Å². The van der Waals surface area contributed by atoms with Crippen LogP contribution in [0.25, 0.3) is 0 Å². The second-order valence-corrected chi connectivity index (χ2v) is 7.98. The lowest BCUT2D eigenvalue weighted by molar-refractivity contribution is -0.123. The van der Waals surface area contributed by atoms with Gasteiger partial charge in [-0.25, -0.2) is 0 Å². The topological polar surface area (TPSA) is 94.2 Å². The number of hydrogen-bond donors (Lipinski definition) is 1. The highest BCUT2D eigenvalue weighted by molar-refractivity contribution is 6.08. The lowest BCUT2D eigenvalue weighted by Gasteiger charge is -2.32.